The molecule has 2 aromatic heterocycles. The van der Waals surface area contributed by atoms with Crippen molar-refractivity contribution in [2.45, 2.75) is 62.5 Å². The third-order valence-corrected chi connectivity index (χ3v) is 6.36. The number of nitrogens with one attached hydrogen (secondary N) is 1. The van der Waals surface area contributed by atoms with Crippen molar-refractivity contribution < 1.29 is 4.74 Å². The van der Waals surface area contributed by atoms with Crippen LogP contribution in [0, 0.1) is 0 Å². The molecule has 0 aromatic carbocycles. The summed E-state index contributed by atoms with van der Waals surface area (Å²) in [7, 11) is 2.04. The Morgan fingerprint density at radius 3 is 2.77 bits per heavy atom. The fourth-order valence-corrected chi connectivity index (χ4v) is 4.89. The molecule has 0 radical (unpaired) electrons. The zero-order valence-electron chi connectivity index (χ0n) is 15.8. The molecule has 1 N–H and O–H groups in total. The van der Waals surface area contributed by atoms with Crippen LogP contribution in [0.25, 0.3) is 0 Å². The average Bonchev–Trinajstić information content (AvgIpc) is 3.29. The Hall–Kier alpha value is -1.72. The van der Waals surface area contributed by atoms with Crippen LogP contribution in [0.3, 0.4) is 0 Å². The van der Waals surface area contributed by atoms with Gasteiger partial charge in [0.25, 0.3) is 0 Å². The molecule has 1 saturated carbocycles. The highest BCUT2D eigenvalue weighted by atomic mass is 16.5. The van der Waals surface area contributed by atoms with Gasteiger partial charge in [0.2, 0.25) is 0 Å². The molecule has 0 unspecified atom stereocenters. The predicted octanol–water partition coefficient (Wildman–Crippen LogP) is 3.36. The van der Waals surface area contributed by atoms with Crippen molar-refractivity contribution in [1.29, 1.82) is 0 Å². The summed E-state index contributed by atoms with van der Waals surface area (Å²) in [5, 5.41) is 3.60. The maximum absolute atomic E-state index is 6.32. The quantitative estimate of drug-likeness (QED) is 0.808. The molecule has 1 atom stereocenters. The van der Waals surface area contributed by atoms with E-state index in [-0.39, 0.29) is 11.0 Å². The Balaban J connectivity index is 1.47. The maximum atomic E-state index is 6.32. The fraction of sp³-hybridized carbons (Fsp3) is 0.619. The van der Waals surface area contributed by atoms with E-state index < -0.39 is 0 Å². The van der Waals surface area contributed by atoms with E-state index in [9.17, 15) is 0 Å². The van der Waals surface area contributed by atoms with E-state index in [2.05, 4.69) is 27.0 Å². The topological polar surface area (TPSA) is 52.0 Å². The summed E-state index contributed by atoms with van der Waals surface area (Å²) < 4.78 is 8.40. The number of aryl methyl sites for hydroxylation is 1. The van der Waals surface area contributed by atoms with Gasteiger partial charge in [-0.25, -0.2) is 4.98 Å². The van der Waals surface area contributed by atoms with E-state index in [0.29, 0.717) is 0 Å². The fourth-order valence-electron chi connectivity index (χ4n) is 4.89. The van der Waals surface area contributed by atoms with Crippen molar-refractivity contribution in [3.8, 4) is 0 Å². The molecule has 4 rings (SSSR count). The summed E-state index contributed by atoms with van der Waals surface area (Å²) in [5.41, 5.74) is 1.46. The molecule has 2 fully saturated rings. The van der Waals surface area contributed by atoms with Crippen LogP contribution in [0.2, 0.25) is 0 Å². The van der Waals surface area contributed by atoms with Gasteiger partial charge in [0.15, 0.2) is 0 Å². The van der Waals surface area contributed by atoms with Crippen LogP contribution in [-0.4, -0.2) is 33.3 Å². The lowest BCUT2D eigenvalue weighted by molar-refractivity contribution is -0.104. The number of hydrogen-bond acceptors (Lipinski definition) is 4. The van der Waals surface area contributed by atoms with Gasteiger partial charge in [0, 0.05) is 43.4 Å². The molecule has 0 amide bonds. The summed E-state index contributed by atoms with van der Waals surface area (Å²) in [6.07, 6.45) is 14.1. The van der Waals surface area contributed by atoms with Crippen molar-refractivity contribution in [1.82, 2.24) is 19.9 Å². The first kappa shape index (κ1) is 17.7. The molecule has 1 aliphatic heterocycles. The highest BCUT2D eigenvalue weighted by Gasteiger charge is 2.48. The van der Waals surface area contributed by atoms with Gasteiger partial charge < -0.3 is 14.6 Å². The first-order valence-electron chi connectivity index (χ1n) is 9.94. The van der Waals surface area contributed by atoms with Gasteiger partial charge in [0.1, 0.15) is 5.82 Å². The maximum Gasteiger partial charge on any atom is 0.122 e. The van der Waals surface area contributed by atoms with Crippen LogP contribution in [0.4, 0.5) is 0 Å². The standard InChI is InChI=1S/C21H30N4O/c1-25-14-13-24-19(25)16-22-12-9-20(18-6-2-5-11-23-18)10-15-26-21(17-20)7-3-4-8-21/h2,5-6,11,13-14,22H,3-4,7-10,12,15-17H2,1H3/t20-/m1/s1. The number of pyridine rings is 1. The molecule has 5 heteroatoms. The number of ether oxygens (including phenoxy) is 1. The van der Waals surface area contributed by atoms with Crippen LogP contribution >= 0.6 is 0 Å². The number of rotatable bonds is 6. The van der Waals surface area contributed by atoms with Crippen molar-refractivity contribution in [3.63, 3.8) is 0 Å². The van der Waals surface area contributed by atoms with Gasteiger partial charge in [-0.3, -0.25) is 4.98 Å². The summed E-state index contributed by atoms with van der Waals surface area (Å²) in [6.45, 7) is 2.64. The molecule has 1 aliphatic carbocycles. The highest BCUT2D eigenvalue weighted by Crippen LogP contribution is 2.49. The minimum absolute atomic E-state index is 0.0927. The molecule has 1 saturated heterocycles. The lowest BCUT2D eigenvalue weighted by Gasteiger charge is -2.46. The summed E-state index contributed by atoms with van der Waals surface area (Å²) in [4.78, 5) is 9.17. The van der Waals surface area contributed by atoms with Crippen LogP contribution in [0.15, 0.2) is 36.8 Å². The third kappa shape index (κ3) is 3.55. The van der Waals surface area contributed by atoms with Crippen LogP contribution in [0.5, 0.6) is 0 Å². The predicted molar refractivity (Wildman–Crippen MR) is 102 cm³/mol. The largest absolute Gasteiger partial charge is 0.375 e. The molecule has 1 spiro atoms. The molecular formula is C21H30N4O. The molecule has 5 nitrogen and oxygen atoms in total. The normalized spacial score (nSPS) is 25.0. The van der Waals surface area contributed by atoms with Crippen LogP contribution in [-0.2, 0) is 23.7 Å². The Kier molecular flexibility index (Phi) is 5.09. The number of hydrogen-bond donors (Lipinski definition) is 1. The third-order valence-electron chi connectivity index (χ3n) is 6.36. The van der Waals surface area contributed by atoms with Crippen molar-refractivity contribution in [2.24, 2.45) is 7.05 Å². The lowest BCUT2D eigenvalue weighted by atomic mass is 9.68. The van der Waals surface area contributed by atoms with Gasteiger partial charge >= 0.3 is 0 Å². The lowest BCUT2D eigenvalue weighted by Crippen LogP contribution is -2.47. The molecule has 2 aliphatic rings. The van der Waals surface area contributed by atoms with Crippen molar-refractivity contribution in [3.05, 3.63) is 48.3 Å². The number of nitrogens with zero attached hydrogens (tertiary/aromatic N) is 3. The molecule has 0 bridgehead atoms. The smallest absolute Gasteiger partial charge is 0.122 e. The average molecular weight is 354 g/mol. The van der Waals surface area contributed by atoms with Gasteiger partial charge in [-0.1, -0.05) is 18.9 Å². The van der Waals surface area contributed by atoms with Crippen LogP contribution in [0.1, 0.15) is 56.5 Å². The second kappa shape index (κ2) is 7.49. The van der Waals surface area contributed by atoms with E-state index in [4.69, 9.17) is 9.72 Å². The first-order chi connectivity index (χ1) is 12.7. The van der Waals surface area contributed by atoms with Crippen LogP contribution < -0.4 is 5.32 Å². The Morgan fingerprint density at radius 1 is 1.15 bits per heavy atom. The molecular weight excluding hydrogens is 324 g/mol. The zero-order chi connectivity index (χ0) is 17.9. The number of imidazole rings is 1. The van der Waals surface area contributed by atoms with Gasteiger partial charge in [-0.05, 0) is 50.8 Å². The molecule has 3 heterocycles. The summed E-state index contributed by atoms with van der Waals surface area (Å²) >= 11 is 0. The Morgan fingerprint density at radius 2 is 2.04 bits per heavy atom. The van der Waals surface area contributed by atoms with E-state index in [1.165, 1.54) is 31.4 Å². The van der Waals surface area contributed by atoms with Crippen molar-refractivity contribution >= 4 is 0 Å². The Bertz CT molecular complexity index is 708. The second-order valence-electron chi connectivity index (χ2n) is 8.04. The highest BCUT2D eigenvalue weighted by molar-refractivity contribution is 5.20. The van der Waals surface area contributed by atoms with E-state index in [0.717, 1.165) is 44.8 Å². The summed E-state index contributed by atoms with van der Waals surface area (Å²) in [6, 6.07) is 6.36. The van der Waals surface area contributed by atoms with Gasteiger partial charge in [-0.2, -0.15) is 0 Å². The minimum Gasteiger partial charge on any atom is -0.375 e. The van der Waals surface area contributed by atoms with E-state index in [1.807, 2.05) is 31.7 Å². The van der Waals surface area contributed by atoms with E-state index in [1.54, 1.807) is 0 Å². The van der Waals surface area contributed by atoms with Crippen molar-refractivity contribution in [2.75, 3.05) is 13.2 Å². The second-order valence-corrected chi connectivity index (χ2v) is 8.04. The monoisotopic (exact) mass is 354 g/mol. The Labute approximate surface area is 156 Å². The summed E-state index contributed by atoms with van der Waals surface area (Å²) in [5.74, 6) is 1.08. The first-order valence-corrected chi connectivity index (χ1v) is 9.94. The molecule has 140 valence electrons. The minimum atomic E-state index is 0.0927. The van der Waals surface area contributed by atoms with Gasteiger partial charge in [-0.15, -0.1) is 0 Å². The zero-order valence-corrected chi connectivity index (χ0v) is 15.8. The van der Waals surface area contributed by atoms with Gasteiger partial charge in [0.05, 0.1) is 12.1 Å². The SMILES string of the molecule is Cn1ccnc1CNCC[C@@]1(c2ccccn2)CCOC2(CCCC2)C1. The molecule has 2 aromatic rings. The number of aromatic nitrogens is 3. The molecule has 26 heavy (non-hydrogen) atoms. The van der Waals surface area contributed by atoms with E-state index >= 15 is 0 Å².